The van der Waals surface area contributed by atoms with E-state index in [0.29, 0.717) is 44.3 Å². The number of carbonyl (C=O) groups is 2. The molecule has 1 unspecified atom stereocenters. The molecule has 11 heteroatoms. The molecule has 0 aliphatic carbocycles. The molecular weight excluding hydrogens is 642 g/mol. The fourth-order valence-corrected chi connectivity index (χ4v) is 7.00. The summed E-state index contributed by atoms with van der Waals surface area (Å²) in [6.07, 6.45) is 0. The molecule has 1 atom stereocenters. The number of aliphatic hydroxyl groups excluding tert-OH is 1. The Bertz CT molecular complexity index is 1910. The second kappa shape index (κ2) is 13.8. The van der Waals surface area contributed by atoms with E-state index in [1.807, 2.05) is 49.4 Å². The molecule has 1 amide bonds. The largest absolute Gasteiger partial charge is 0.507 e. The van der Waals surface area contributed by atoms with Crippen LogP contribution in [0.3, 0.4) is 0 Å². The number of halogens is 1. The molecule has 46 heavy (non-hydrogen) atoms. The van der Waals surface area contributed by atoms with E-state index >= 15 is 0 Å². The normalized spacial score (nSPS) is 15.7. The number of methoxy groups -OCH3 is 1. The van der Waals surface area contributed by atoms with Crippen LogP contribution in [0.1, 0.15) is 33.9 Å². The van der Waals surface area contributed by atoms with Crippen LogP contribution in [0, 0.1) is 6.92 Å². The van der Waals surface area contributed by atoms with Crippen molar-refractivity contribution >= 4 is 57.3 Å². The number of amides is 1. The van der Waals surface area contributed by atoms with Crippen LogP contribution >= 0.6 is 34.7 Å². The second-order valence-electron chi connectivity index (χ2n) is 10.5. The van der Waals surface area contributed by atoms with Gasteiger partial charge in [0.15, 0.2) is 4.34 Å². The van der Waals surface area contributed by atoms with Gasteiger partial charge in [-0.2, -0.15) is 0 Å². The maximum Gasteiger partial charge on any atom is 0.301 e. The number of thioether (sulfide) groups is 1. The van der Waals surface area contributed by atoms with Crippen molar-refractivity contribution in [2.75, 3.05) is 12.0 Å². The number of ether oxygens (including phenoxy) is 2. The summed E-state index contributed by atoms with van der Waals surface area (Å²) in [5, 5.41) is 21.0. The molecule has 1 aromatic heterocycles. The van der Waals surface area contributed by atoms with Gasteiger partial charge in [0, 0.05) is 16.3 Å². The van der Waals surface area contributed by atoms with E-state index in [1.54, 1.807) is 55.6 Å². The van der Waals surface area contributed by atoms with E-state index in [4.69, 9.17) is 21.1 Å². The maximum absolute atomic E-state index is 13.6. The molecule has 232 valence electrons. The van der Waals surface area contributed by atoms with E-state index in [1.165, 1.54) is 28.0 Å². The van der Waals surface area contributed by atoms with Gasteiger partial charge in [-0.25, -0.2) is 0 Å². The van der Waals surface area contributed by atoms with Crippen LogP contribution in [0.25, 0.3) is 5.76 Å². The number of benzene rings is 4. The molecule has 1 aliphatic heterocycles. The third-order valence-electron chi connectivity index (χ3n) is 7.37. The number of nitrogens with zero attached hydrogens (tertiary/aromatic N) is 3. The molecule has 8 nitrogen and oxygen atoms in total. The number of aromatic nitrogens is 2. The number of aliphatic hydroxyl groups is 1. The molecule has 2 heterocycles. The van der Waals surface area contributed by atoms with Crippen LogP contribution in [-0.4, -0.2) is 34.1 Å². The van der Waals surface area contributed by atoms with Gasteiger partial charge in [-0.05, 0) is 72.1 Å². The smallest absolute Gasteiger partial charge is 0.301 e. The van der Waals surface area contributed by atoms with Crippen LogP contribution in [0.15, 0.2) is 107 Å². The van der Waals surface area contributed by atoms with Crippen molar-refractivity contribution in [3.05, 3.63) is 135 Å². The van der Waals surface area contributed by atoms with Crippen molar-refractivity contribution in [2.45, 2.75) is 29.7 Å². The average Bonchev–Trinajstić information content (AvgIpc) is 3.65. The molecule has 1 fully saturated rings. The number of hydrogen-bond acceptors (Lipinski definition) is 9. The first-order valence-corrected chi connectivity index (χ1v) is 16.4. The minimum absolute atomic E-state index is 0.0471. The van der Waals surface area contributed by atoms with Crippen molar-refractivity contribution in [3.63, 3.8) is 0 Å². The Morgan fingerprint density at radius 2 is 1.65 bits per heavy atom. The highest BCUT2D eigenvalue weighted by Crippen LogP contribution is 2.44. The second-order valence-corrected chi connectivity index (χ2v) is 13.1. The monoisotopic (exact) mass is 669 g/mol. The fraction of sp³-hybridized carbons (Fsp3) is 0.143. The van der Waals surface area contributed by atoms with E-state index in [0.717, 1.165) is 16.7 Å². The molecule has 5 aromatic rings. The topological polar surface area (TPSA) is 102 Å². The first kappa shape index (κ1) is 31.3. The van der Waals surface area contributed by atoms with E-state index < -0.39 is 17.7 Å². The summed E-state index contributed by atoms with van der Waals surface area (Å²) < 4.78 is 11.9. The molecule has 1 aliphatic rings. The molecule has 6 rings (SSSR count). The SMILES string of the molecule is COc1ccc(C2C(=C(O)c3ccc(OCc4cccc(C)c4)cc3)C(=O)C(=O)N2c2nnc(SCc3ccc(Cl)cc3)s2)cc1. The predicted octanol–water partition coefficient (Wildman–Crippen LogP) is 8.01. The number of hydrogen-bond donors (Lipinski definition) is 1. The Balaban J connectivity index is 1.30. The van der Waals surface area contributed by atoms with Crippen LogP contribution in [-0.2, 0) is 21.9 Å². The van der Waals surface area contributed by atoms with Gasteiger partial charge in [-0.1, -0.05) is 88.8 Å². The molecule has 1 saturated heterocycles. The Morgan fingerprint density at radius 1 is 0.935 bits per heavy atom. The van der Waals surface area contributed by atoms with Gasteiger partial charge in [0.1, 0.15) is 23.9 Å². The molecule has 0 radical (unpaired) electrons. The minimum atomic E-state index is -0.940. The Morgan fingerprint density at radius 3 is 2.35 bits per heavy atom. The molecule has 1 N–H and O–H groups in total. The Labute approximate surface area is 279 Å². The summed E-state index contributed by atoms with van der Waals surface area (Å²) in [4.78, 5) is 28.5. The lowest BCUT2D eigenvalue weighted by Crippen LogP contribution is -2.29. The van der Waals surface area contributed by atoms with Gasteiger partial charge in [0.25, 0.3) is 5.78 Å². The van der Waals surface area contributed by atoms with Crippen molar-refractivity contribution in [1.29, 1.82) is 0 Å². The minimum Gasteiger partial charge on any atom is -0.507 e. The zero-order valence-corrected chi connectivity index (χ0v) is 27.2. The molecule has 0 spiro atoms. The maximum atomic E-state index is 13.6. The van der Waals surface area contributed by atoms with Gasteiger partial charge in [0.05, 0.1) is 18.7 Å². The van der Waals surface area contributed by atoms with Gasteiger partial charge in [-0.15, -0.1) is 10.2 Å². The quantitative estimate of drug-likeness (QED) is 0.0525. The van der Waals surface area contributed by atoms with Gasteiger partial charge in [-0.3, -0.25) is 14.5 Å². The van der Waals surface area contributed by atoms with Gasteiger partial charge >= 0.3 is 5.91 Å². The molecule has 4 aromatic carbocycles. The number of ketones is 1. The first-order chi connectivity index (χ1) is 22.3. The summed E-state index contributed by atoms with van der Waals surface area (Å²) in [6.45, 7) is 2.41. The number of aryl methyl sites for hydroxylation is 1. The summed E-state index contributed by atoms with van der Waals surface area (Å²) in [7, 11) is 1.56. The highest BCUT2D eigenvalue weighted by atomic mass is 35.5. The lowest BCUT2D eigenvalue weighted by atomic mass is 9.95. The predicted molar refractivity (Wildman–Crippen MR) is 181 cm³/mol. The van der Waals surface area contributed by atoms with Crippen molar-refractivity contribution in [3.8, 4) is 11.5 Å². The average molecular weight is 670 g/mol. The summed E-state index contributed by atoms with van der Waals surface area (Å²) >= 11 is 8.67. The van der Waals surface area contributed by atoms with E-state index in [-0.39, 0.29) is 16.5 Å². The lowest BCUT2D eigenvalue weighted by molar-refractivity contribution is -0.132. The third kappa shape index (κ3) is 6.79. The fourth-order valence-electron chi connectivity index (χ4n) is 5.05. The molecule has 0 bridgehead atoms. The number of anilines is 1. The Hall–Kier alpha value is -4.64. The summed E-state index contributed by atoms with van der Waals surface area (Å²) in [5.74, 6) is -0.0817. The van der Waals surface area contributed by atoms with Crippen LogP contribution in [0.5, 0.6) is 11.5 Å². The number of rotatable bonds is 10. The Kier molecular flexibility index (Phi) is 9.39. The standard InChI is InChI=1S/C35H28ClN3O5S2/c1-21-4-3-5-23(18-21)19-44-28-16-10-25(11-17-28)31(40)29-30(24-8-14-27(43-2)15-9-24)39(33(42)32(29)41)34-37-38-35(46-34)45-20-22-6-12-26(36)13-7-22/h3-18,30,40H,19-20H2,1-2H3. The van der Waals surface area contributed by atoms with Crippen LogP contribution < -0.4 is 14.4 Å². The van der Waals surface area contributed by atoms with E-state index in [9.17, 15) is 14.7 Å². The van der Waals surface area contributed by atoms with Crippen LogP contribution in [0.2, 0.25) is 5.02 Å². The molecule has 0 saturated carbocycles. The third-order valence-corrected chi connectivity index (χ3v) is 9.75. The number of carbonyl (C=O) groups excluding carboxylic acids is 2. The van der Waals surface area contributed by atoms with Crippen LogP contribution in [0.4, 0.5) is 5.13 Å². The zero-order valence-electron chi connectivity index (χ0n) is 24.8. The summed E-state index contributed by atoms with van der Waals surface area (Å²) in [5.41, 5.74) is 4.16. The van der Waals surface area contributed by atoms with Gasteiger partial charge < -0.3 is 14.6 Å². The first-order valence-electron chi connectivity index (χ1n) is 14.2. The van der Waals surface area contributed by atoms with Crippen molar-refractivity contribution in [1.82, 2.24) is 10.2 Å². The van der Waals surface area contributed by atoms with Crippen molar-refractivity contribution in [2.24, 2.45) is 0 Å². The van der Waals surface area contributed by atoms with Crippen molar-refractivity contribution < 1.29 is 24.2 Å². The summed E-state index contributed by atoms with van der Waals surface area (Å²) in [6, 6.07) is 28.4. The highest BCUT2D eigenvalue weighted by Gasteiger charge is 2.48. The molecular formula is C35H28ClN3O5S2. The van der Waals surface area contributed by atoms with E-state index in [2.05, 4.69) is 16.3 Å². The zero-order chi connectivity index (χ0) is 32.2. The highest BCUT2D eigenvalue weighted by molar-refractivity contribution is 8.00. The lowest BCUT2D eigenvalue weighted by Gasteiger charge is -2.22. The van der Waals surface area contributed by atoms with Gasteiger partial charge in [0.2, 0.25) is 5.13 Å². The number of Topliss-reactive ketones (excluding diaryl/α,β-unsaturated/α-hetero) is 1.